The van der Waals surface area contributed by atoms with E-state index in [4.69, 9.17) is 0 Å². The molecule has 2 fully saturated rings. The van der Waals surface area contributed by atoms with Crippen LogP contribution in [0.2, 0.25) is 0 Å². The number of phenols is 1. The van der Waals surface area contributed by atoms with E-state index in [-0.39, 0.29) is 23.1 Å². The minimum Gasteiger partial charge on any atom is -0.507 e. The highest BCUT2D eigenvalue weighted by Gasteiger charge is 2.39. The van der Waals surface area contributed by atoms with Crippen LogP contribution in [0, 0.1) is 18.8 Å². The van der Waals surface area contributed by atoms with Gasteiger partial charge in [0, 0.05) is 25.2 Å². The van der Waals surface area contributed by atoms with E-state index in [1.807, 2.05) is 4.90 Å². The molecule has 0 spiro atoms. The normalized spacial score (nSPS) is 22.1. The highest BCUT2D eigenvalue weighted by atomic mass is 19.4. The lowest BCUT2D eigenvalue weighted by Gasteiger charge is -2.33. The van der Waals surface area contributed by atoms with Crippen molar-refractivity contribution in [2.24, 2.45) is 11.8 Å². The van der Waals surface area contributed by atoms with Crippen molar-refractivity contribution in [3.05, 3.63) is 29.5 Å². The number of phenolic OH excluding ortho intramolecular Hbond substituents is 1. The predicted octanol–water partition coefficient (Wildman–Crippen LogP) is 2.14. The first kappa shape index (κ1) is 18.5. The molecule has 2 unspecified atom stereocenters. The number of piperidine rings is 1. The summed E-state index contributed by atoms with van der Waals surface area (Å²) in [6, 6.07) is 2.70. The maximum atomic E-state index is 12.8. The molecule has 2 saturated heterocycles. The van der Waals surface area contributed by atoms with Gasteiger partial charge in [-0.05, 0) is 37.5 Å². The topological polar surface area (TPSA) is 91.2 Å². The van der Waals surface area contributed by atoms with Gasteiger partial charge in [-0.15, -0.1) is 10.2 Å². The third-order valence-corrected chi connectivity index (χ3v) is 5.34. The van der Waals surface area contributed by atoms with Crippen LogP contribution >= 0.6 is 0 Å². The summed E-state index contributed by atoms with van der Waals surface area (Å²) in [6.45, 7) is 3.55. The van der Waals surface area contributed by atoms with Crippen LogP contribution in [-0.2, 0) is 11.0 Å². The Morgan fingerprint density at radius 2 is 2.07 bits per heavy atom. The van der Waals surface area contributed by atoms with Crippen LogP contribution in [0.25, 0.3) is 11.3 Å². The highest BCUT2D eigenvalue weighted by molar-refractivity contribution is 5.82. The van der Waals surface area contributed by atoms with Gasteiger partial charge in [-0.1, -0.05) is 0 Å². The lowest BCUT2D eigenvalue weighted by molar-refractivity contribution is -0.137. The summed E-state index contributed by atoms with van der Waals surface area (Å²) in [5.74, 6) is 0.0826. The molecular weight excluding hydrogens is 375 g/mol. The molecule has 2 aliphatic heterocycles. The van der Waals surface area contributed by atoms with Gasteiger partial charge in [-0.2, -0.15) is 13.2 Å². The zero-order valence-electron chi connectivity index (χ0n) is 15.0. The Balaban J connectivity index is 1.59. The maximum absolute atomic E-state index is 12.8. The van der Waals surface area contributed by atoms with E-state index in [0.29, 0.717) is 43.3 Å². The van der Waals surface area contributed by atoms with Crippen LogP contribution < -0.4 is 10.2 Å². The van der Waals surface area contributed by atoms with Crippen molar-refractivity contribution in [1.82, 2.24) is 20.5 Å². The lowest BCUT2D eigenvalue weighted by Crippen LogP contribution is -2.42. The number of fused-ring (bicyclic) bond motifs is 1. The van der Waals surface area contributed by atoms with Gasteiger partial charge in [-0.25, -0.2) is 4.98 Å². The minimum atomic E-state index is -4.54. The maximum Gasteiger partial charge on any atom is 0.416 e. The molecule has 0 bridgehead atoms. The van der Waals surface area contributed by atoms with Gasteiger partial charge in [0.2, 0.25) is 11.9 Å². The second kappa shape index (κ2) is 6.61. The van der Waals surface area contributed by atoms with E-state index in [1.165, 1.54) is 0 Å². The molecule has 3 heterocycles. The summed E-state index contributed by atoms with van der Waals surface area (Å²) in [4.78, 5) is 18.2. The van der Waals surface area contributed by atoms with Gasteiger partial charge in [0.05, 0.1) is 17.2 Å². The number of halogens is 3. The van der Waals surface area contributed by atoms with Crippen LogP contribution in [0.1, 0.15) is 17.7 Å². The minimum absolute atomic E-state index is 0.0330. The number of nitrogens with zero attached hydrogens (tertiary/aromatic N) is 4. The van der Waals surface area contributed by atoms with E-state index in [9.17, 15) is 23.1 Å². The van der Waals surface area contributed by atoms with E-state index in [1.54, 1.807) is 6.92 Å². The third kappa shape index (κ3) is 3.23. The fourth-order valence-corrected chi connectivity index (χ4v) is 3.77. The zero-order chi connectivity index (χ0) is 20.1. The van der Waals surface area contributed by atoms with E-state index >= 15 is 0 Å². The van der Waals surface area contributed by atoms with Crippen LogP contribution in [0.4, 0.5) is 19.1 Å². The number of amides is 1. The number of anilines is 1. The largest absolute Gasteiger partial charge is 0.507 e. The fraction of sp³-hybridized carbons (Fsp3) is 0.444. The first-order valence-electron chi connectivity index (χ1n) is 8.88. The number of benzene rings is 1. The van der Waals surface area contributed by atoms with Crippen LogP contribution in [0.5, 0.6) is 5.75 Å². The van der Waals surface area contributed by atoms with Gasteiger partial charge >= 0.3 is 6.18 Å². The Hall–Kier alpha value is -2.91. The van der Waals surface area contributed by atoms with Crippen LogP contribution in [-0.4, -0.2) is 45.8 Å². The number of aromatic nitrogens is 3. The number of carbonyl (C=O) groups is 1. The summed E-state index contributed by atoms with van der Waals surface area (Å²) in [5.41, 5.74) is -0.172. The van der Waals surface area contributed by atoms with Crippen molar-refractivity contribution in [3.8, 4) is 17.0 Å². The molecule has 2 aromatic rings. The first-order chi connectivity index (χ1) is 13.2. The predicted molar refractivity (Wildman–Crippen MR) is 93.5 cm³/mol. The Kier molecular flexibility index (Phi) is 4.35. The second-order valence-electron chi connectivity index (χ2n) is 7.12. The molecular formula is C18H18F3N5O2. The van der Waals surface area contributed by atoms with Crippen LogP contribution in [0.3, 0.4) is 0 Å². The van der Waals surface area contributed by atoms with Crippen molar-refractivity contribution < 1.29 is 23.1 Å². The molecule has 7 nitrogen and oxygen atoms in total. The average molecular weight is 393 g/mol. The second-order valence-corrected chi connectivity index (χ2v) is 7.12. The molecule has 2 atom stereocenters. The number of hydrogen-bond donors (Lipinski definition) is 2. The molecule has 1 aromatic carbocycles. The SMILES string of the molecule is Cc1nc(N2CCC3CNC(=O)C3C2)nnc1-c1ccc(C(F)(F)F)cc1O. The van der Waals surface area contributed by atoms with Crippen molar-refractivity contribution >= 4 is 11.9 Å². The number of aromatic hydroxyl groups is 1. The monoisotopic (exact) mass is 393 g/mol. The van der Waals surface area contributed by atoms with E-state index < -0.39 is 17.5 Å². The van der Waals surface area contributed by atoms with Crippen molar-refractivity contribution in [2.75, 3.05) is 24.5 Å². The summed E-state index contributed by atoms with van der Waals surface area (Å²) in [5, 5.41) is 21.1. The van der Waals surface area contributed by atoms with Gasteiger partial charge in [0.25, 0.3) is 0 Å². The Morgan fingerprint density at radius 1 is 1.29 bits per heavy atom. The van der Waals surface area contributed by atoms with Crippen LogP contribution in [0.15, 0.2) is 18.2 Å². The van der Waals surface area contributed by atoms with Gasteiger partial charge in [0.1, 0.15) is 11.4 Å². The number of hydrogen-bond acceptors (Lipinski definition) is 6. The number of aryl methyl sites for hydroxylation is 1. The van der Waals surface area contributed by atoms with E-state index in [2.05, 4.69) is 20.5 Å². The molecule has 2 aliphatic rings. The molecule has 4 rings (SSSR count). The molecule has 0 radical (unpaired) electrons. The molecule has 0 aliphatic carbocycles. The molecule has 0 saturated carbocycles. The van der Waals surface area contributed by atoms with Crippen molar-refractivity contribution in [1.29, 1.82) is 0 Å². The number of alkyl halides is 3. The van der Waals surface area contributed by atoms with Gasteiger partial charge in [0.15, 0.2) is 0 Å². The lowest BCUT2D eigenvalue weighted by atomic mass is 9.88. The quantitative estimate of drug-likeness (QED) is 0.813. The standard InChI is InChI=1S/C18H18F3N5O2/c1-9-15(12-3-2-11(6-14(12)27)18(19,20)21)24-25-17(23-9)26-5-4-10-7-22-16(28)13(10)8-26/h2-3,6,10,13,27H,4-5,7-8H2,1H3,(H,22,28). The summed E-state index contributed by atoms with van der Waals surface area (Å²) in [6.07, 6.45) is -3.70. The average Bonchev–Trinajstić information content (AvgIpc) is 3.02. The number of carbonyl (C=O) groups excluding carboxylic acids is 1. The number of nitrogens with one attached hydrogen (secondary N) is 1. The molecule has 148 valence electrons. The van der Waals surface area contributed by atoms with E-state index in [0.717, 1.165) is 18.6 Å². The first-order valence-corrected chi connectivity index (χ1v) is 8.88. The summed E-state index contributed by atoms with van der Waals surface area (Å²) >= 11 is 0. The highest BCUT2D eigenvalue weighted by Crippen LogP contribution is 2.37. The fourth-order valence-electron chi connectivity index (χ4n) is 3.77. The molecule has 1 amide bonds. The van der Waals surface area contributed by atoms with Crippen molar-refractivity contribution in [2.45, 2.75) is 19.5 Å². The van der Waals surface area contributed by atoms with Gasteiger partial charge in [-0.3, -0.25) is 4.79 Å². The molecule has 1 aromatic heterocycles. The zero-order valence-corrected chi connectivity index (χ0v) is 15.0. The molecule has 10 heteroatoms. The Bertz CT molecular complexity index is 934. The number of rotatable bonds is 2. The summed E-state index contributed by atoms with van der Waals surface area (Å²) in [7, 11) is 0. The smallest absolute Gasteiger partial charge is 0.416 e. The summed E-state index contributed by atoms with van der Waals surface area (Å²) < 4.78 is 38.3. The molecule has 28 heavy (non-hydrogen) atoms. The molecule has 2 N–H and O–H groups in total. The van der Waals surface area contributed by atoms with Crippen molar-refractivity contribution in [3.63, 3.8) is 0 Å². The van der Waals surface area contributed by atoms with Gasteiger partial charge < -0.3 is 15.3 Å². The Labute approximate surface area is 158 Å². The third-order valence-electron chi connectivity index (χ3n) is 5.34. The Morgan fingerprint density at radius 3 is 2.75 bits per heavy atom.